The van der Waals surface area contributed by atoms with Crippen LogP contribution in [0.5, 0.6) is 5.75 Å². The van der Waals surface area contributed by atoms with Gasteiger partial charge in [0.25, 0.3) is 11.6 Å². The summed E-state index contributed by atoms with van der Waals surface area (Å²) in [7, 11) is -4.35. The molecule has 0 unspecified atom stereocenters. The summed E-state index contributed by atoms with van der Waals surface area (Å²) >= 11 is 0. The van der Waals surface area contributed by atoms with Gasteiger partial charge in [-0.25, -0.2) is 0 Å². The number of fused-ring (bicyclic) bond motifs is 1. The molecule has 0 heterocycles. The highest BCUT2D eigenvalue weighted by Crippen LogP contribution is 2.27. The van der Waals surface area contributed by atoms with Crippen molar-refractivity contribution in [3.63, 3.8) is 0 Å². The molecule has 178 valence electrons. The number of carbonyl (C=O) groups excluding carboxylic acids is 1. The minimum Gasteiger partial charge on any atom is -0.378 e. The number of amides is 1. The lowest BCUT2D eigenvalue weighted by Gasteiger charge is -2.11. The summed E-state index contributed by atoms with van der Waals surface area (Å²) in [6.07, 6.45) is 1.22. The Morgan fingerprint density at radius 2 is 1.61 bits per heavy atom. The number of nitrogens with one attached hydrogen (secondary N) is 1. The Morgan fingerprint density at radius 1 is 0.944 bits per heavy atom. The van der Waals surface area contributed by atoms with Gasteiger partial charge in [-0.1, -0.05) is 54.6 Å². The van der Waals surface area contributed by atoms with Crippen LogP contribution < -0.4 is 9.50 Å². The third-order valence-corrected chi connectivity index (χ3v) is 6.41. The summed E-state index contributed by atoms with van der Waals surface area (Å²) in [5, 5.41) is 24.9. The topological polar surface area (TPSA) is 139 Å². The van der Waals surface area contributed by atoms with Crippen LogP contribution in [0.2, 0.25) is 0 Å². The van der Waals surface area contributed by atoms with Gasteiger partial charge in [0.1, 0.15) is 22.3 Å². The SMILES string of the molecule is N#C/C(=C\c1ccccc1OS(=O)(=O)c1ccc([N+](=O)[O-])cc1)C(=O)Nc1cccc2ccccc12. The minimum absolute atomic E-state index is 0.124. The van der Waals surface area contributed by atoms with E-state index < -0.39 is 20.9 Å². The zero-order valence-electron chi connectivity index (χ0n) is 18.5. The van der Waals surface area contributed by atoms with Crippen molar-refractivity contribution in [2.75, 3.05) is 5.32 Å². The van der Waals surface area contributed by atoms with E-state index in [1.807, 2.05) is 36.4 Å². The van der Waals surface area contributed by atoms with Crippen LogP contribution in [-0.4, -0.2) is 19.2 Å². The molecule has 4 aromatic carbocycles. The number of rotatable bonds is 7. The molecule has 0 saturated carbocycles. The number of carbonyl (C=O) groups is 1. The first-order valence-corrected chi connectivity index (χ1v) is 11.9. The maximum absolute atomic E-state index is 12.9. The fourth-order valence-corrected chi connectivity index (χ4v) is 4.36. The first kappa shape index (κ1) is 24.1. The quantitative estimate of drug-likeness (QED) is 0.123. The van der Waals surface area contributed by atoms with E-state index in [0.29, 0.717) is 5.69 Å². The number of para-hydroxylation sites is 1. The lowest BCUT2D eigenvalue weighted by molar-refractivity contribution is -0.384. The van der Waals surface area contributed by atoms with E-state index in [4.69, 9.17) is 4.18 Å². The molecule has 1 N–H and O–H groups in total. The molecule has 0 aliphatic rings. The number of nitriles is 1. The van der Waals surface area contributed by atoms with E-state index in [-0.39, 0.29) is 27.5 Å². The molecule has 0 atom stereocenters. The summed E-state index contributed by atoms with van der Waals surface area (Å²) in [4.78, 5) is 22.8. The van der Waals surface area contributed by atoms with E-state index in [0.717, 1.165) is 35.0 Å². The van der Waals surface area contributed by atoms with Crippen LogP contribution in [0.3, 0.4) is 0 Å². The van der Waals surface area contributed by atoms with Crippen molar-refractivity contribution in [2.45, 2.75) is 4.90 Å². The molecule has 0 aromatic heterocycles. The molecule has 0 bridgehead atoms. The Morgan fingerprint density at radius 3 is 2.33 bits per heavy atom. The smallest absolute Gasteiger partial charge is 0.339 e. The lowest BCUT2D eigenvalue weighted by Crippen LogP contribution is -2.14. The first-order valence-electron chi connectivity index (χ1n) is 10.5. The molecule has 1 amide bonds. The van der Waals surface area contributed by atoms with Crippen LogP contribution >= 0.6 is 0 Å². The Kier molecular flexibility index (Phi) is 6.76. The van der Waals surface area contributed by atoms with Gasteiger partial charge in [0, 0.05) is 28.8 Å². The second kappa shape index (κ2) is 10.1. The predicted molar refractivity (Wildman–Crippen MR) is 134 cm³/mol. The van der Waals surface area contributed by atoms with Gasteiger partial charge in [-0.2, -0.15) is 13.7 Å². The van der Waals surface area contributed by atoms with Crippen molar-refractivity contribution in [3.8, 4) is 11.8 Å². The summed E-state index contributed by atoms with van der Waals surface area (Å²) in [5.41, 5.74) is 0.150. The molecule has 4 aromatic rings. The highest BCUT2D eigenvalue weighted by atomic mass is 32.2. The van der Waals surface area contributed by atoms with Crippen LogP contribution in [0.1, 0.15) is 5.56 Å². The second-order valence-electron chi connectivity index (χ2n) is 7.48. The Labute approximate surface area is 206 Å². The van der Waals surface area contributed by atoms with Crippen molar-refractivity contribution in [2.24, 2.45) is 0 Å². The molecule has 0 radical (unpaired) electrons. The van der Waals surface area contributed by atoms with E-state index in [1.165, 1.54) is 24.3 Å². The molecule has 4 rings (SSSR count). The summed E-state index contributed by atoms with van der Waals surface area (Å²) in [6, 6.07) is 24.9. The van der Waals surface area contributed by atoms with E-state index in [1.54, 1.807) is 18.2 Å². The highest BCUT2D eigenvalue weighted by molar-refractivity contribution is 7.87. The molecule has 0 fully saturated rings. The van der Waals surface area contributed by atoms with E-state index >= 15 is 0 Å². The molecule has 0 saturated heterocycles. The molecular weight excluding hydrogens is 482 g/mol. The first-order chi connectivity index (χ1) is 17.3. The zero-order valence-corrected chi connectivity index (χ0v) is 19.3. The molecule has 9 nitrogen and oxygen atoms in total. The van der Waals surface area contributed by atoms with Crippen molar-refractivity contribution in [3.05, 3.63) is 112 Å². The van der Waals surface area contributed by atoms with Crippen LogP contribution in [0.4, 0.5) is 11.4 Å². The standard InChI is InChI=1S/C26H17N3O6S/c27-17-20(26(30)28-24-10-5-8-18-6-1-3-9-23(18)24)16-19-7-2-4-11-25(19)35-36(33,34)22-14-12-21(13-15-22)29(31)32/h1-16H,(H,28,30)/b20-16+. The van der Waals surface area contributed by atoms with Crippen molar-refractivity contribution in [1.82, 2.24) is 0 Å². The van der Waals surface area contributed by atoms with Gasteiger partial charge in [-0.15, -0.1) is 0 Å². The number of nitro benzene ring substituents is 1. The highest BCUT2D eigenvalue weighted by Gasteiger charge is 2.20. The van der Waals surface area contributed by atoms with Gasteiger partial charge >= 0.3 is 10.1 Å². The number of anilines is 1. The Hall–Kier alpha value is -5.01. The number of nitrogens with zero attached hydrogens (tertiary/aromatic N) is 2. The maximum Gasteiger partial charge on any atom is 0.339 e. The van der Waals surface area contributed by atoms with Gasteiger partial charge in [0.05, 0.1) is 4.92 Å². The van der Waals surface area contributed by atoms with Crippen LogP contribution in [0, 0.1) is 21.4 Å². The lowest BCUT2D eigenvalue weighted by atomic mass is 10.1. The largest absolute Gasteiger partial charge is 0.378 e. The molecule has 0 spiro atoms. The number of nitro groups is 1. The predicted octanol–water partition coefficient (Wildman–Crippen LogP) is 5.06. The summed E-state index contributed by atoms with van der Waals surface area (Å²) in [5.74, 6) is -0.802. The third kappa shape index (κ3) is 5.22. The molecule has 10 heteroatoms. The molecule has 0 aliphatic heterocycles. The van der Waals surface area contributed by atoms with Crippen LogP contribution in [0.15, 0.2) is 101 Å². The van der Waals surface area contributed by atoms with Crippen LogP contribution in [-0.2, 0) is 14.9 Å². The summed E-state index contributed by atoms with van der Waals surface area (Å²) in [6.45, 7) is 0. The minimum atomic E-state index is -4.35. The third-order valence-electron chi connectivity index (χ3n) is 5.16. The zero-order chi connectivity index (χ0) is 25.7. The van der Waals surface area contributed by atoms with Crippen molar-refractivity contribution in [1.29, 1.82) is 5.26 Å². The average Bonchev–Trinajstić information content (AvgIpc) is 2.88. The number of hydrogen-bond donors (Lipinski definition) is 1. The maximum atomic E-state index is 12.9. The summed E-state index contributed by atoms with van der Waals surface area (Å²) < 4.78 is 30.7. The van der Waals surface area contributed by atoms with Gasteiger partial charge in [0.2, 0.25) is 0 Å². The molecule has 36 heavy (non-hydrogen) atoms. The second-order valence-corrected chi connectivity index (χ2v) is 9.02. The molecule has 0 aliphatic carbocycles. The fourth-order valence-electron chi connectivity index (χ4n) is 3.40. The van der Waals surface area contributed by atoms with Crippen molar-refractivity contribution >= 4 is 44.2 Å². The van der Waals surface area contributed by atoms with Crippen LogP contribution in [0.25, 0.3) is 16.8 Å². The van der Waals surface area contributed by atoms with E-state index in [9.17, 15) is 28.6 Å². The van der Waals surface area contributed by atoms with Gasteiger partial charge in [0.15, 0.2) is 0 Å². The number of benzene rings is 4. The monoisotopic (exact) mass is 499 g/mol. The van der Waals surface area contributed by atoms with E-state index in [2.05, 4.69) is 5.32 Å². The Balaban J connectivity index is 1.62. The normalized spacial score (nSPS) is 11.5. The van der Waals surface area contributed by atoms with Gasteiger partial charge < -0.3 is 9.50 Å². The van der Waals surface area contributed by atoms with Gasteiger partial charge in [-0.05, 0) is 35.7 Å². The number of non-ortho nitro benzene ring substituents is 1. The molecular formula is C26H17N3O6S. The number of hydrogen-bond acceptors (Lipinski definition) is 7. The fraction of sp³-hybridized carbons (Fsp3) is 0. The Bertz CT molecular complexity index is 1650. The average molecular weight is 500 g/mol. The van der Waals surface area contributed by atoms with Crippen molar-refractivity contribution < 1.29 is 22.3 Å². The van der Waals surface area contributed by atoms with Gasteiger partial charge in [-0.3, -0.25) is 14.9 Å².